The molecule has 2 heteroatoms. The van der Waals surface area contributed by atoms with E-state index < -0.39 is 0 Å². The zero-order chi connectivity index (χ0) is 12.0. The predicted molar refractivity (Wildman–Crippen MR) is 69.2 cm³/mol. The average molecular weight is 229 g/mol. The second-order valence-electron chi connectivity index (χ2n) is 5.34. The smallest absolute Gasteiger partial charge is 0.230 e. The molecule has 1 amide bonds. The molecule has 2 aliphatic heterocycles. The van der Waals surface area contributed by atoms with Crippen LogP contribution in [0.3, 0.4) is 0 Å². The Kier molecular flexibility index (Phi) is 2.46. The van der Waals surface area contributed by atoms with Crippen LogP contribution in [0.5, 0.6) is 0 Å². The van der Waals surface area contributed by atoms with Gasteiger partial charge in [-0.15, -0.1) is 0 Å². The minimum absolute atomic E-state index is 0.169. The number of amides is 1. The van der Waals surface area contributed by atoms with Gasteiger partial charge in [0.25, 0.3) is 0 Å². The number of para-hydroxylation sites is 1. The highest BCUT2D eigenvalue weighted by Crippen LogP contribution is 2.40. The molecule has 0 saturated heterocycles. The lowest BCUT2D eigenvalue weighted by atomic mass is 9.99. The summed E-state index contributed by atoms with van der Waals surface area (Å²) in [4.78, 5) is 14.6. The van der Waals surface area contributed by atoms with Gasteiger partial charge in [0.05, 0.1) is 5.69 Å². The molecule has 0 aliphatic carbocycles. The number of hydrogen-bond acceptors (Lipinski definition) is 1. The van der Waals surface area contributed by atoms with Crippen molar-refractivity contribution < 1.29 is 4.79 Å². The van der Waals surface area contributed by atoms with Gasteiger partial charge in [-0.1, -0.05) is 32.0 Å². The average Bonchev–Trinajstić information content (AvgIpc) is 2.67. The summed E-state index contributed by atoms with van der Waals surface area (Å²) in [5.74, 6) is 0.503. The topological polar surface area (TPSA) is 20.3 Å². The summed E-state index contributed by atoms with van der Waals surface area (Å²) in [6.45, 7) is 4.25. The second-order valence-corrected chi connectivity index (χ2v) is 5.34. The van der Waals surface area contributed by atoms with Gasteiger partial charge in [-0.2, -0.15) is 0 Å². The first-order chi connectivity index (χ1) is 8.22. The Morgan fingerprint density at radius 3 is 2.88 bits per heavy atom. The number of aryl methyl sites for hydroxylation is 1. The van der Waals surface area contributed by atoms with Gasteiger partial charge in [-0.3, -0.25) is 4.79 Å². The van der Waals surface area contributed by atoms with Crippen LogP contribution in [-0.2, 0) is 17.6 Å². The van der Waals surface area contributed by atoms with Crippen LogP contribution >= 0.6 is 0 Å². The number of benzene rings is 1. The third-order valence-electron chi connectivity index (χ3n) is 4.24. The highest BCUT2D eigenvalue weighted by Gasteiger charge is 2.37. The van der Waals surface area contributed by atoms with Gasteiger partial charge in [0, 0.05) is 12.0 Å². The van der Waals surface area contributed by atoms with E-state index in [4.69, 9.17) is 0 Å². The molecule has 0 N–H and O–H groups in total. The molecule has 2 aliphatic rings. The van der Waals surface area contributed by atoms with Crippen molar-refractivity contribution in [3.63, 3.8) is 0 Å². The van der Waals surface area contributed by atoms with Crippen LogP contribution in [0.1, 0.15) is 37.8 Å². The molecule has 2 heterocycles. The molecule has 2 nitrogen and oxygen atoms in total. The zero-order valence-electron chi connectivity index (χ0n) is 10.6. The van der Waals surface area contributed by atoms with Crippen molar-refractivity contribution in [1.82, 2.24) is 0 Å². The third-order valence-corrected chi connectivity index (χ3v) is 4.24. The van der Waals surface area contributed by atoms with E-state index in [9.17, 15) is 4.79 Å². The molecule has 0 fully saturated rings. The van der Waals surface area contributed by atoms with Crippen LogP contribution in [0.2, 0.25) is 0 Å². The van der Waals surface area contributed by atoms with Crippen molar-refractivity contribution >= 4 is 11.6 Å². The molecular weight excluding hydrogens is 210 g/mol. The predicted octanol–water partition coefficient (Wildman–Crippen LogP) is 2.94. The van der Waals surface area contributed by atoms with Crippen LogP contribution in [0.4, 0.5) is 5.69 Å². The summed E-state index contributed by atoms with van der Waals surface area (Å²) >= 11 is 0. The van der Waals surface area contributed by atoms with Crippen molar-refractivity contribution in [3.8, 4) is 0 Å². The first-order valence-electron chi connectivity index (χ1n) is 6.66. The molecule has 1 aromatic carbocycles. The first-order valence-corrected chi connectivity index (χ1v) is 6.66. The molecule has 1 aromatic rings. The second kappa shape index (κ2) is 3.86. The van der Waals surface area contributed by atoms with Gasteiger partial charge in [-0.25, -0.2) is 0 Å². The maximum atomic E-state index is 12.5. The molecule has 0 radical (unpaired) electrons. The lowest BCUT2D eigenvalue weighted by Crippen LogP contribution is -2.39. The Bertz CT molecular complexity index is 466. The molecule has 2 unspecified atom stereocenters. The van der Waals surface area contributed by atoms with E-state index in [1.165, 1.54) is 16.8 Å². The van der Waals surface area contributed by atoms with E-state index >= 15 is 0 Å². The van der Waals surface area contributed by atoms with Crippen molar-refractivity contribution in [3.05, 3.63) is 29.3 Å². The standard InChI is InChI=1S/C15H19NO/c1-3-13-9-12-6-4-5-11-8-7-10(2)15(17)16(13)14(11)12/h4-6,10,13H,3,7-9H2,1-2H3. The van der Waals surface area contributed by atoms with Crippen molar-refractivity contribution in [2.75, 3.05) is 4.90 Å². The maximum Gasteiger partial charge on any atom is 0.230 e. The SMILES string of the molecule is CCC1Cc2cccc3c2N1C(=O)C(C)CC3. The minimum Gasteiger partial charge on any atom is -0.308 e. The summed E-state index contributed by atoms with van der Waals surface area (Å²) in [6.07, 6.45) is 4.12. The van der Waals surface area contributed by atoms with Gasteiger partial charge in [-0.05, 0) is 36.8 Å². The van der Waals surface area contributed by atoms with Crippen molar-refractivity contribution in [2.24, 2.45) is 5.92 Å². The largest absolute Gasteiger partial charge is 0.308 e. The highest BCUT2D eigenvalue weighted by atomic mass is 16.2. The van der Waals surface area contributed by atoms with Crippen LogP contribution in [0.15, 0.2) is 18.2 Å². The van der Waals surface area contributed by atoms with Crippen molar-refractivity contribution in [1.29, 1.82) is 0 Å². The molecule has 90 valence electrons. The van der Waals surface area contributed by atoms with E-state index in [1.807, 2.05) is 0 Å². The normalized spacial score (nSPS) is 26.9. The maximum absolute atomic E-state index is 12.5. The molecule has 0 saturated carbocycles. The number of carbonyl (C=O) groups excluding carboxylic acids is 1. The number of anilines is 1. The fourth-order valence-corrected chi connectivity index (χ4v) is 3.20. The zero-order valence-corrected chi connectivity index (χ0v) is 10.6. The Balaban J connectivity index is 2.15. The molecular formula is C15H19NO. The van der Waals surface area contributed by atoms with E-state index in [0.717, 1.165) is 25.7 Å². The Morgan fingerprint density at radius 1 is 1.35 bits per heavy atom. The van der Waals surface area contributed by atoms with Crippen molar-refractivity contribution in [2.45, 2.75) is 45.6 Å². The quantitative estimate of drug-likeness (QED) is 0.725. The van der Waals surface area contributed by atoms with Gasteiger partial charge in [0.1, 0.15) is 0 Å². The van der Waals surface area contributed by atoms with Crippen LogP contribution < -0.4 is 4.90 Å². The minimum atomic E-state index is 0.169. The summed E-state index contributed by atoms with van der Waals surface area (Å²) in [6, 6.07) is 6.91. The highest BCUT2D eigenvalue weighted by molar-refractivity contribution is 5.99. The van der Waals surface area contributed by atoms with E-state index in [2.05, 4.69) is 36.9 Å². The first kappa shape index (κ1) is 10.8. The van der Waals surface area contributed by atoms with E-state index in [-0.39, 0.29) is 5.92 Å². The van der Waals surface area contributed by atoms with Gasteiger partial charge < -0.3 is 4.90 Å². The van der Waals surface area contributed by atoms with E-state index in [0.29, 0.717) is 11.9 Å². The van der Waals surface area contributed by atoms with Gasteiger partial charge in [0.2, 0.25) is 5.91 Å². The number of carbonyl (C=O) groups is 1. The fourth-order valence-electron chi connectivity index (χ4n) is 3.20. The number of rotatable bonds is 1. The van der Waals surface area contributed by atoms with Crippen LogP contribution in [-0.4, -0.2) is 11.9 Å². The Hall–Kier alpha value is -1.31. The summed E-state index contributed by atoms with van der Waals surface area (Å²) in [7, 11) is 0. The number of nitrogens with zero attached hydrogens (tertiary/aromatic N) is 1. The molecule has 17 heavy (non-hydrogen) atoms. The lowest BCUT2D eigenvalue weighted by molar-refractivity contribution is -0.122. The molecule has 0 spiro atoms. The van der Waals surface area contributed by atoms with E-state index in [1.54, 1.807) is 0 Å². The molecule has 3 rings (SSSR count). The molecule has 2 atom stereocenters. The monoisotopic (exact) mass is 229 g/mol. The Morgan fingerprint density at radius 2 is 2.12 bits per heavy atom. The number of hydrogen-bond donors (Lipinski definition) is 0. The Labute approximate surface area is 103 Å². The fraction of sp³-hybridized carbons (Fsp3) is 0.533. The summed E-state index contributed by atoms with van der Waals surface area (Å²) in [5, 5.41) is 0. The third kappa shape index (κ3) is 1.50. The van der Waals surface area contributed by atoms with Crippen LogP contribution in [0.25, 0.3) is 0 Å². The van der Waals surface area contributed by atoms with Gasteiger partial charge in [0.15, 0.2) is 0 Å². The van der Waals surface area contributed by atoms with Gasteiger partial charge >= 0.3 is 0 Å². The summed E-state index contributed by atoms with van der Waals surface area (Å²) < 4.78 is 0. The van der Waals surface area contributed by atoms with Crippen LogP contribution in [0, 0.1) is 5.92 Å². The lowest BCUT2D eigenvalue weighted by Gasteiger charge is -2.26. The summed E-state index contributed by atoms with van der Waals surface area (Å²) in [5.41, 5.74) is 3.99. The molecule has 0 aromatic heterocycles. The molecule has 0 bridgehead atoms.